The van der Waals surface area contributed by atoms with Crippen molar-refractivity contribution >= 4 is 7.53 Å². The lowest BCUT2D eigenvalue weighted by Crippen LogP contribution is -2.29. The highest BCUT2D eigenvalue weighted by Gasteiger charge is 2.17. The molecule has 14 heavy (non-hydrogen) atoms. The van der Waals surface area contributed by atoms with Crippen LogP contribution in [0.2, 0.25) is 0 Å². The van der Waals surface area contributed by atoms with Gasteiger partial charge in [-0.3, -0.25) is 0 Å². The van der Waals surface area contributed by atoms with Crippen LogP contribution in [-0.4, -0.2) is 0 Å². The van der Waals surface area contributed by atoms with E-state index in [0.29, 0.717) is 0 Å². The number of rotatable bonds is 1. The van der Waals surface area contributed by atoms with Gasteiger partial charge in [0.05, 0.1) is 0 Å². The highest BCUT2D eigenvalue weighted by molar-refractivity contribution is 7.50. The van der Waals surface area contributed by atoms with Gasteiger partial charge in [-0.25, -0.2) is 0 Å². The minimum absolute atomic E-state index is 0.119. The largest absolute Gasteiger partial charge is 0.255 e. The number of aryl methyl sites for hydroxylation is 2. The molecule has 0 aromatic carbocycles. The molecule has 0 saturated heterocycles. The zero-order chi connectivity index (χ0) is 9.97. The van der Waals surface area contributed by atoms with Gasteiger partial charge in [0.2, 0.25) is 5.30 Å². The Morgan fingerprint density at radius 1 is 1.07 bits per heavy atom. The van der Waals surface area contributed by atoms with Crippen LogP contribution >= 0.6 is 7.53 Å². The first-order valence-corrected chi connectivity index (χ1v) is 6.54. The average molecular weight is 203 g/mol. The fraction of sp³-hybridized carbons (Fsp3) is 0.167. The molecule has 0 amide bonds. The molecule has 0 N–H and O–H groups in total. The maximum Gasteiger partial charge on any atom is 0.255 e. The van der Waals surface area contributed by atoms with Crippen LogP contribution in [0.4, 0.5) is 0 Å². The summed E-state index contributed by atoms with van der Waals surface area (Å²) in [7, 11) is 1.98. The Bertz CT molecular complexity index is 408. The van der Waals surface area contributed by atoms with Crippen molar-refractivity contribution < 1.29 is 4.57 Å². The van der Waals surface area contributed by atoms with E-state index in [1.54, 1.807) is 0 Å². The molecule has 0 spiro atoms. The number of pyridine rings is 1. The number of hydrogen-bond acceptors (Lipinski definition) is 0. The number of nitrogens with zero attached hydrogens (tertiary/aromatic N) is 1. The third kappa shape index (κ3) is 1.69. The summed E-state index contributed by atoms with van der Waals surface area (Å²) in [6.45, 7) is 2.29. The first-order chi connectivity index (χ1) is 6.79. The molecular formula is C12H14NP+2. The summed E-state index contributed by atoms with van der Waals surface area (Å²) in [4.78, 5) is 0. The normalized spacial score (nSPS) is 11.4. The first kappa shape index (κ1) is 9.36. The SMILES string of the molecule is C[n+]1ccccc1-c1cccc[p+]1C. The van der Waals surface area contributed by atoms with Gasteiger partial charge in [0, 0.05) is 12.1 Å². The first-order valence-electron chi connectivity index (χ1n) is 4.69. The Morgan fingerprint density at radius 3 is 2.57 bits per heavy atom. The topological polar surface area (TPSA) is 3.88 Å². The molecule has 0 radical (unpaired) electrons. The third-order valence-corrected chi connectivity index (χ3v) is 4.13. The van der Waals surface area contributed by atoms with Crippen molar-refractivity contribution in [2.45, 2.75) is 0 Å². The van der Waals surface area contributed by atoms with Crippen LogP contribution in [0, 0.1) is 0 Å². The fourth-order valence-corrected chi connectivity index (χ4v) is 3.01. The summed E-state index contributed by atoms with van der Waals surface area (Å²) < 4.78 is 2.18. The van der Waals surface area contributed by atoms with Gasteiger partial charge >= 0.3 is 0 Å². The van der Waals surface area contributed by atoms with Gasteiger partial charge in [-0.2, -0.15) is 4.57 Å². The molecule has 70 valence electrons. The second-order valence-electron chi connectivity index (χ2n) is 3.39. The van der Waals surface area contributed by atoms with E-state index in [2.05, 4.69) is 66.7 Å². The predicted molar refractivity (Wildman–Crippen MR) is 61.2 cm³/mol. The quantitative estimate of drug-likeness (QED) is 0.627. The van der Waals surface area contributed by atoms with Crippen LogP contribution in [-0.2, 0) is 13.7 Å². The highest BCUT2D eigenvalue weighted by atomic mass is 31.1. The van der Waals surface area contributed by atoms with Crippen molar-refractivity contribution in [3.8, 4) is 11.0 Å². The van der Waals surface area contributed by atoms with E-state index in [1.807, 2.05) is 0 Å². The molecule has 0 fully saturated rings. The lowest BCUT2D eigenvalue weighted by molar-refractivity contribution is -0.660. The van der Waals surface area contributed by atoms with Gasteiger partial charge in [-0.15, -0.1) is 0 Å². The molecule has 0 aliphatic rings. The molecule has 1 nitrogen and oxygen atoms in total. The summed E-state index contributed by atoms with van der Waals surface area (Å²) in [6, 6.07) is 12.8. The molecule has 0 saturated carbocycles. The van der Waals surface area contributed by atoms with Gasteiger partial charge in [-0.05, 0) is 18.2 Å². The van der Waals surface area contributed by atoms with Crippen LogP contribution in [0.25, 0.3) is 11.0 Å². The lowest BCUT2D eigenvalue weighted by atomic mass is 10.3. The van der Waals surface area contributed by atoms with Crippen LogP contribution in [0.1, 0.15) is 0 Å². The molecule has 1 unspecified atom stereocenters. The van der Waals surface area contributed by atoms with Gasteiger partial charge in [0.1, 0.15) is 27.0 Å². The molecule has 2 heterocycles. The molecule has 2 aromatic rings. The van der Waals surface area contributed by atoms with Crippen molar-refractivity contribution in [1.29, 1.82) is 0 Å². The predicted octanol–water partition coefficient (Wildman–Crippen LogP) is 2.98. The fourth-order valence-electron chi connectivity index (χ4n) is 1.58. The zero-order valence-electron chi connectivity index (χ0n) is 8.51. The van der Waals surface area contributed by atoms with Crippen molar-refractivity contribution in [1.82, 2.24) is 0 Å². The molecule has 0 aliphatic heterocycles. The average Bonchev–Trinajstić information content (AvgIpc) is 2.20. The number of aromatic nitrogens is 1. The van der Waals surface area contributed by atoms with Crippen molar-refractivity contribution in [2.75, 3.05) is 0 Å². The molecule has 1 atom stereocenters. The molecule has 0 aliphatic carbocycles. The minimum atomic E-state index is -0.119. The van der Waals surface area contributed by atoms with E-state index in [1.165, 1.54) is 11.0 Å². The van der Waals surface area contributed by atoms with Gasteiger partial charge < -0.3 is 0 Å². The molecule has 0 bridgehead atoms. The minimum Gasteiger partial charge on any atom is -0.198 e. The summed E-state index contributed by atoms with van der Waals surface area (Å²) in [5, 5.41) is 1.45. The van der Waals surface area contributed by atoms with E-state index in [-0.39, 0.29) is 7.53 Å². The molecule has 2 rings (SSSR count). The maximum absolute atomic E-state index is 2.29. The van der Waals surface area contributed by atoms with E-state index >= 15 is 0 Å². The Labute approximate surface area is 85.7 Å². The van der Waals surface area contributed by atoms with Gasteiger partial charge in [-0.1, -0.05) is 6.07 Å². The number of hydrogen-bond donors (Lipinski definition) is 0. The van der Waals surface area contributed by atoms with Crippen LogP contribution < -0.4 is 4.57 Å². The summed E-state index contributed by atoms with van der Waals surface area (Å²) in [5.74, 6) is 2.29. The Hall–Kier alpha value is -1.20. The highest BCUT2D eigenvalue weighted by Crippen LogP contribution is 2.34. The van der Waals surface area contributed by atoms with Crippen LogP contribution in [0.3, 0.4) is 0 Å². The van der Waals surface area contributed by atoms with E-state index in [9.17, 15) is 0 Å². The van der Waals surface area contributed by atoms with Gasteiger partial charge in [0.25, 0.3) is 5.69 Å². The zero-order valence-corrected chi connectivity index (χ0v) is 9.41. The Kier molecular flexibility index (Phi) is 2.60. The van der Waals surface area contributed by atoms with E-state index < -0.39 is 0 Å². The molecule has 2 heteroatoms. The van der Waals surface area contributed by atoms with Crippen molar-refractivity contribution in [3.05, 3.63) is 48.4 Å². The van der Waals surface area contributed by atoms with Gasteiger partial charge in [0.15, 0.2) is 6.20 Å². The monoisotopic (exact) mass is 203 g/mol. The van der Waals surface area contributed by atoms with E-state index in [0.717, 1.165) is 0 Å². The van der Waals surface area contributed by atoms with Crippen molar-refractivity contribution in [2.24, 2.45) is 13.7 Å². The third-order valence-electron chi connectivity index (χ3n) is 2.37. The maximum atomic E-state index is 2.29. The lowest BCUT2D eigenvalue weighted by Gasteiger charge is -1.95. The summed E-state index contributed by atoms with van der Waals surface area (Å²) in [6.07, 6.45) is 2.09. The second-order valence-corrected chi connectivity index (χ2v) is 5.40. The Balaban J connectivity index is 2.61. The molecular weight excluding hydrogens is 189 g/mol. The standard InChI is InChI=1S/C12H14NP/c1-13-9-5-3-7-11(13)12-8-4-6-10-14(12)2/h3-10H,1-2H3/q+2. The van der Waals surface area contributed by atoms with E-state index in [4.69, 9.17) is 0 Å². The second kappa shape index (κ2) is 3.89. The Morgan fingerprint density at radius 2 is 1.86 bits per heavy atom. The smallest absolute Gasteiger partial charge is 0.198 e. The van der Waals surface area contributed by atoms with Crippen molar-refractivity contribution in [3.63, 3.8) is 0 Å². The molecule has 2 aromatic heterocycles. The summed E-state index contributed by atoms with van der Waals surface area (Å²) >= 11 is 0. The van der Waals surface area contributed by atoms with Crippen LogP contribution in [0.15, 0.2) is 48.4 Å². The summed E-state index contributed by atoms with van der Waals surface area (Å²) in [5.41, 5.74) is 1.32. The van der Waals surface area contributed by atoms with Crippen LogP contribution in [0.5, 0.6) is 0 Å².